The molecule has 3 aliphatic rings. The minimum Gasteiger partial charge on any atom is -0.394 e. The van der Waals surface area contributed by atoms with Crippen molar-refractivity contribution >= 4 is 11.7 Å². The minimum atomic E-state index is -0.0812. The lowest BCUT2D eigenvalue weighted by Gasteiger charge is -2.43. The number of fused-ring (bicyclic) bond motifs is 4. The second-order valence-electron chi connectivity index (χ2n) is 7.62. The maximum Gasteiger partial charge on any atom is 0.317 e. The number of piperidine rings is 1. The number of rotatable bonds is 1. The summed E-state index contributed by atoms with van der Waals surface area (Å²) in [6.45, 7) is 2.09. The Labute approximate surface area is 142 Å². The average molecular weight is 330 g/mol. The van der Waals surface area contributed by atoms with Crippen molar-refractivity contribution in [3.63, 3.8) is 0 Å². The van der Waals surface area contributed by atoms with Gasteiger partial charge in [-0.2, -0.15) is 0 Å². The molecule has 0 spiro atoms. The smallest absolute Gasteiger partial charge is 0.317 e. The van der Waals surface area contributed by atoms with Gasteiger partial charge in [0, 0.05) is 37.3 Å². The molecular formula is C18H26N4O2. The summed E-state index contributed by atoms with van der Waals surface area (Å²) in [5, 5.41) is 3.22. The van der Waals surface area contributed by atoms with Gasteiger partial charge in [-0.3, -0.25) is 4.79 Å². The molecule has 1 saturated heterocycles. The molecular weight excluding hydrogens is 304 g/mol. The Balaban J connectivity index is 1.49. The van der Waals surface area contributed by atoms with Crippen molar-refractivity contribution in [2.45, 2.75) is 57.0 Å². The number of urea groups is 1. The first kappa shape index (κ1) is 15.5. The van der Waals surface area contributed by atoms with Crippen LogP contribution in [0.3, 0.4) is 0 Å². The fraction of sp³-hybridized carbons (Fsp3) is 0.667. The number of nitrogens with two attached hydrogens (primary N) is 1. The van der Waals surface area contributed by atoms with Crippen LogP contribution in [0.4, 0.5) is 10.5 Å². The molecule has 0 unspecified atom stereocenters. The van der Waals surface area contributed by atoms with Gasteiger partial charge in [-0.05, 0) is 37.3 Å². The van der Waals surface area contributed by atoms with E-state index in [2.05, 4.69) is 5.32 Å². The van der Waals surface area contributed by atoms with E-state index in [4.69, 9.17) is 5.73 Å². The molecule has 1 aliphatic carbocycles. The summed E-state index contributed by atoms with van der Waals surface area (Å²) in [6.07, 6.45) is 6.97. The number of aromatic nitrogens is 1. The van der Waals surface area contributed by atoms with E-state index in [-0.39, 0.29) is 17.5 Å². The van der Waals surface area contributed by atoms with Crippen LogP contribution in [0.2, 0.25) is 0 Å². The molecule has 1 saturated carbocycles. The number of carbonyl (C=O) groups excluding carboxylic acids is 1. The van der Waals surface area contributed by atoms with E-state index in [0.29, 0.717) is 30.7 Å². The van der Waals surface area contributed by atoms with Crippen LogP contribution in [0, 0.1) is 5.92 Å². The van der Waals surface area contributed by atoms with Crippen LogP contribution >= 0.6 is 0 Å². The van der Waals surface area contributed by atoms with Crippen molar-refractivity contribution in [2.75, 3.05) is 18.8 Å². The Kier molecular flexibility index (Phi) is 3.98. The molecule has 3 N–H and O–H groups in total. The molecule has 24 heavy (non-hydrogen) atoms. The van der Waals surface area contributed by atoms with E-state index < -0.39 is 0 Å². The number of carbonyl (C=O) groups is 1. The summed E-state index contributed by atoms with van der Waals surface area (Å²) >= 11 is 0. The molecule has 0 radical (unpaired) electrons. The zero-order valence-corrected chi connectivity index (χ0v) is 14.0. The van der Waals surface area contributed by atoms with Crippen molar-refractivity contribution in [3.8, 4) is 0 Å². The van der Waals surface area contributed by atoms with Crippen LogP contribution in [0.15, 0.2) is 16.9 Å². The number of hydrogen-bond donors (Lipinski definition) is 2. The monoisotopic (exact) mass is 330 g/mol. The predicted molar refractivity (Wildman–Crippen MR) is 92.9 cm³/mol. The highest BCUT2D eigenvalue weighted by Gasteiger charge is 2.37. The Morgan fingerprint density at radius 1 is 1.12 bits per heavy atom. The van der Waals surface area contributed by atoms with E-state index in [1.807, 2.05) is 15.5 Å². The summed E-state index contributed by atoms with van der Waals surface area (Å²) < 4.78 is 1.82. The zero-order valence-electron chi connectivity index (χ0n) is 14.0. The second kappa shape index (κ2) is 6.15. The van der Waals surface area contributed by atoms with E-state index >= 15 is 0 Å². The third-order valence-electron chi connectivity index (χ3n) is 5.85. The van der Waals surface area contributed by atoms with Gasteiger partial charge in [-0.25, -0.2) is 4.79 Å². The van der Waals surface area contributed by atoms with Gasteiger partial charge in [0.2, 0.25) is 0 Å². The SMILES string of the molecule is Nc1ccc2n(c1=O)C[C@@H]1C[C@@H]2CN(C(=O)NC2CCCCC2)C1. The lowest BCUT2D eigenvalue weighted by atomic mass is 9.83. The molecule has 0 aromatic carbocycles. The topological polar surface area (TPSA) is 80.4 Å². The van der Waals surface area contributed by atoms with E-state index in [1.165, 1.54) is 19.3 Å². The normalized spacial score (nSPS) is 26.8. The van der Waals surface area contributed by atoms with Crippen molar-refractivity contribution < 1.29 is 4.79 Å². The van der Waals surface area contributed by atoms with Gasteiger partial charge in [0.05, 0.1) is 5.69 Å². The fourth-order valence-corrected chi connectivity index (χ4v) is 4.64. The number of anilines is 1. The van der Waals surface area contributed by atoms with E-state index in [9.17, 15) is 9.59 Å². The third kappa shape index (κ3) is 2.78. The maximum absolute atomic E-state index is 12.7. The third-order valence-corrected chi connectivity index (χ3v) is 5.85. The van der Waals surface area contributed by atoms with Gasteiger partial charge in [0.15, 0.2) is 0 Å². The lowest BCUT2D eigenvalue weighted by molar-refractivity contribution is 0.127. The molecule has 6 heteroatoms. The highest BCUT2D eigenvalue weighted by Crippen LogP contribution is 2.35. The summed E-state index contributed by atoms with van der Waals surface area (Å²) in [7, 11) is 0. The summed E-state index contributed by atoms with van der Waals surface area (Å²) in [4.78, 5) is 26.9. The molecule has 2 atom stereocenters. The minimum absolute atomic E-state index is 0.0721. The number of nitrogens with one attached hydrogen (secondary N) is 1. The van der Waals surface area contributed by atoms with Gasteiger partial charge in [0.1, 0.15) is 0 Å². The Morgan fingerprint density at radius 3 is 2.71 bits per heavy atom. The molecule has 4 rings (SSSR count). The largest absolute Gasteiger partial charge is 0.394 e. The standard InChI is InChI=1S/C18H26N4O2/c19-15-6-7-16-13-8-12(10-22(16)17(15)23)9-21(11-13)18(24)20-14-4-2-1-3-5-14/h6-7,12-14H,1-5,8-11,19H2,(H,20,24)/t12-,13-/m1/s1. The van der Waals surface area contributed by atoms with Crippen LogP contribution in [0.1, 0.15) is 50.1 Å². The summed E-state index contributed by atoms with van der Waals surface area (Å²) in [6, 6.07) is 4.07. The van der Waals surface area contributed by atoms with Gasteiger partial charge >= 0.3 is 6.03 Å². The van der Waals surface area contributed by atoms with Crippen molar-refractivity contribution in [3.05, 3.63) is 28.2 Å². The second-order valence-corrected chi connectivity index (χ2v) is 7.62. The zero-order chi connectivity index (χ0) is 16.7. The van der Waals surface area contributed by atoms with Gasteiger partial charge in [0.25, 0.3) is 5.56 Å². The predicted octanol–water partition coefficient (Wildman–Crippen LogP) is 1.89. The summed E-state index contributed by atoms with van der Waals surface area (Å²) in [5.41, 5.74) is 7.02. The first-order valence-corrected chi connectivity index (χ1v) is 9.16. The molecule has 2 bridgehead atoms. The summed E-state index contributed by atoms with van der Waals surface area (Å²) in [5.74, 6) is 0.579. The van der Waals surface area contributed by atoms with Gasteiger partial charge in [-0.1, -0.05) is 19.3 Å². The molecule has 6 nitrogen and oxygen atoms in total. The van der Waals surface area contributed by atoms with Gasteiger partial charge in [-0.15, -0.1) is 0 Å². The number of nitrogens with zero attached hydrogens (tertiary/aromatic N) is 2. The van der Waals surface area contributed by atoms with Crippen LogP contribution in [0.25, 0.3) is 0 Å². The van der Waals surface area contributed by atoms with Crippen LogP contribution in [-0.2, 0) is 6.54 Å². The Morgan fingerprint density at radius 2 is 1.92 bits per heavy atom. The number of likely N-dealkylation sites (tertiary alicyclic amines) is 1. The number of nitrogen functional groups attached to an aromatic ring is 1. The quantitative estimate of drug-likeness (QED) is 0.825. The molecule has 3 heterocycles. The number of amides is 2. The lowest BCUT2D eigenvalue weighted by Crippen LogP contribution is -2.53. The average Bonchev–Trinajstić information content (AvgIpc) is 2.59. The van der Waals surface area contributed by atoms with E-state index in [1.54, 1.807) is 6.07 Å². The Bertz CT molecular complexity index is 693. The number of pyridine rings is 1. The van der Waals surface area contributed by atoms with Crippen LogP contribution in [0.5, 0.6) is 0 Å². The van der Waals surface area contributed by atoms with Crippen LogP contribution < -0.4 is 16.6 Å². The molecule has 2 aliphatic heterocycles. The highest BCUT2D eigenvalue weighted by atomic mass is 16.2. The molecule has 2 amide bonds. The maximum atomic E-state index is 12.7. The first-order chi connectivity index (χ1) is 11.6. The molecule has 1 aromatic heterocycles. The van der Waals surface area contributed by atoms with Crippen molar-refractivity contribution in [2.24, 2.45) is 5.92 Å². The first-order valence-electron chi connectivity index (χ1n) is 9.16. The van der Waals surface area contributed by atoms with Crippen molar-refractivity contribution in [1.29, 1.82) is 0 Å². The molecule has 130 valence electrons. The highest BCUT2D eigenvalue weighted by molar-refractivity contribution is 5.74. The molecule has 2 fully saturated rings. The van der Waals surface area contributed by atoms with E-state index in [0.717, 1.165) is 31.5 Å². The van der Waals surface area contributed by atoms with Crippen molar-refractivity contribution in [1.82, 2.24) is 14.8 Å². The number of hydrogen-bond acceptors (Lipinski definition) is 3. The fourth-order valence-electron chi connectivity index (χ4n) is 4.64. The van der Waals surface area contributed by atoms with Crippen LogP contribution in [-0.4, -0.2) is 34.6 Å². The van der Waals surface area contributed by atoms with Gasteiger partial charge < -0.3 is 20.5 Å². The Hall–Kier alpha value is -1.98. The molecule has 1 aromatic rings.